The molecule has 0 aromatic heterocycles. The molecule has 4 bridgehead atoms. The van der Waals surface area contributed by atoms with Gasteiger partial charge in [0.2, 0.25) is 5.91 Å². The number of methoxy groups -OCH3 is 1. The largest absolute Gasteiger partial charge is 0.497 e. The van der Waals surface area contributed by atoms with E-state index in [-0.39, 0.29) is 24.0 Å². The molecule has 4 aliphatic rings. The van der Waals surface area contributed by atoms with Gasteiger partial charge in [-0.25, -0.2) is 0 Å². The van der Waals surface area contributed by atoms with Crippen LogP contribution in [0.25, 0.3) is 0 Å². The maximum absolute atomic E-state index is 13.7. The number of nitrogens with one attached hydrogen (secondary N) is 1. The van der Waals surface area contributed by atoms with Gasteiger partial charge in [-0.15, -0.1) is 0 Å². The van der Waals surface area contributed by atoms with Crippen LogP contribution in [0.1, 0.15) is 51.0 Å². The first kappa shape index (κ1) is 22.8. The van der Waals surface area contributed by atoms with Crippen molar-refractivity contribution < 1.29 is 19.1 Å². The van der Waals surface area contributed by atoms with Crippen molar-refractivity contribution in [3.63, 3.8) is 0 Å². The van der Waals surface area contributed by atoms with Crippen molar-refractivity contribution in [1.82, 2.24) is 4.90 Å². The van der Waals surface area contributed by atoms with Gasteiger partial charge in [-0.05, 0) is 98.2 Å². The summed E-state index contributed by atoms with van der Waals surface area (Å²) in [5.41, 5.74) is 1.73. The van der Waals surface area contributed by atoms with E-state index in [0.29, 0.717) is 18.0 Å². The highest BCUT2D eigenvalue weighted by molar-refractivity contribution is 5.88. The molecule has 0 heterocycles. The molecule has 0 spiro atoms. The Labute approximate surface area is 201 Å². The Balaban J connectivity index is 1.34. The number of hydrogen-bond acceptors (Lipinski definition) is 4. The number of amides is 2. The number of nitrogens with zero attached hydrogens (tertiary/aromatic N) is 1. The molecule has 2 amide bonds. The van der Waals surface area contributed by atoms with Gasteiger partial charge in [-0.1, -0.05) is 12.1 Å². The van der Waals surface area contributed by atoms with Crippen LogP contribution in [-0.4, -0.2) is 36.0 Å². The predicted molar refractivity (Wildman–Crippen MR) is 131 cm³/mol. The molecule has 6 heteroatoms. The fourth-order valence-electron chi connectivity index (χ4n) is 6.93. The molecule has 0 unspecified atom stereocenters. The van der Waals surface area contributed by atoms with Gasteiger partial charge in [0.1, 0.15) is 11.5 Å². The topological polar surface area (TPSA) is 67.9 Å². The lowest BCUT2D eigenvalue weighted by molar-refractivity contribution is -0.154. The van der Waals surface area contributed by atoms with E-state index in [4.69, 9.17) is 9.47 Å². The zero-order valence-corrected chi connectivity index (χ0v) is 20.1. The number of carbonyl (C=O) groups is 2. The molecule has 4 saturated carbocycles. The molecule has 0 aliphatic heterocycles. The molecule has 2 aromatic rings. The van der Waals surface area contributed by atoms with Crippen molar-refractivity contribution in [2.24, 2.45) is 17.8 Å². The fraction of sp³-hybridized carbons (Fsp3) is 0.500. The van der Waals surface area contributed by atoms with Gasteiger partial charge < -0.3 is 19.7 Å². The Morgan fingerprint density at radius 2 is 1.62 bits per heavy atom. The van der Waals surface area contributed by atoms with Crippen LogP contribution in [-0.2, 0) is 16.1 Å². The lowest BCUT2D eigenvalue weighted by Crippen LogP contribution is -2.61. The minimum Gasteiger partial charge on any atom is -0.497 e. The number of ether oxygens (including phenoxy) is 2. The summed E-state index contributed by atoms with van der Waals surface area (Å²) in [5.74, 6) is 3.58. The third-order valence-corrected chi connectivity index (χ3v) is 7.89. The fourth-order valence-corrected chi connectivity index (χ4v) is 6.93. The molecule has 4 fully saturated rings. The number of anilines is 1. The monoisotopic (exact) mass is 462 g/mol. The Morgan fingerprint density at radius 1 is 0.971 bits per heavy atom. The summed E-state index contributed by atoms with van der Waals surface area (Å²) in [4.78, 5) is 27.1. The van der Waals surface area contributed by atoms with Crippen molar-refractivity contribution in [1.29, 1.82) is 0 Å². The maximum atomic E-state index is 13.7. The molecule has 2 aromatic carbocycles. The van der Waals surface area contributed by atoms with Gasteiger partial charge in [0.05, 0.1) is 7.11 Å². The van der Waals surface area contributed by atoms with Crippen LogP contribution in [0, 0.1) is 17.8 Å². The first-order chi connectivity index (χ1) is 16.4. The SMILES string of the molecule is COc1cccc(CN(C(=O)COc2ccc(NC(C)=O)cc2)C23CC4CC(CC(C4)C2)C3)c1. The number of hydrogen-bond donors (Lipinski definition) is 1. The second-order valence-electron chi connectivity index (χ2n) is 10.5. The molecular formula is C28H34N2O4. The number of benzene rings is 2. The lowest BCUT2D eigenvalue weighted by atomic mass is 9.52. The lowest BCUT2D eigenvalue weighted by Gasteiger charge is -2.60. The highest BCUT2D eigenvalue weighted by Gasteiger charge is 2.54. The Kier molecular flexibility index (Phi) is 6.24. The van der Waals surface area contributed by atoms with Crippen molar-refractivity contribution in [2.75, 3.05) is 19.0 Å². The number of rotatable bonds is 8. The van der Waals surface area contributed by atoms with Crippen molar-refractivity contribution >= 4 is 17.5 Å². The first-order valence-electron chi connectivity index (χ1n) is 12.4. The first-order valence-corrected chi connectivity index (χ1v) is 12.4. The molecule has 34 heavy (non-hydrogen) atoms. The van der Waals surface area contributed by atoms with E-state index in [1.807, 2.05) is 18.2 Å². The second kappa shape index (κ2) is 9.32. The van der Waals surface area contributed by atoms with Crippen LogP contribution in [0.2, 0.25) is 0 Å². The summed E-state index contributed by atoms with van der Waals surface area (Å²) < 4.78 is 11.4. The van der Waals surface area contributed by atoms with E-state index >= 15 is 0 Å². The van der Waals surface area contributed by atoms with Crippen LogP contribution >= 0.6 is 0 Å². The predicted octanol–water partition coefficient (Wildman–Crippen LogP) is 5.03. The van der Waals surface area contributed by atoms with Crippen LogP contribution in [0.5, 0.6) is 11.5 Å². The minimum absolute atomic E-state index is 0.00516. The third kappa shape index (κ3) is 4.77. The van der Waals surface area contributed by atoms with E-state index < -0.39 is 0 Å². The molecule has 180 valence electrons. The molecule has 0 radical (unpaired) electrons. The Bertz CT molecular complexity index is 1010. The Morgan fingerprint density at radius 3 is 2.21 bits per heavy atom. The van der Waals surface area contributed by atoms with Gasteiger partial charge >= 0.3 is 0 Å². The minimum atomic E-state index is -0.118. The highest BCUT2D eigenvalue weighted by atomic mass is 16.5. The van der Waals surface area contributed by atoms with Gasteiger partial charge in [0.25, 0.3) is 5.91 Å². The average molecular weight is 463 g/mol. The summed E-state index contributed by atoms with van der Waals surface area (Å²) in [7, 11) is 1.67. The van der Waals surface area contributed by atoms with E-state index in [9.17, 15) is 9.59 Å². The van der Waals surface area contributed by atoms with Crippen LogP contribution in [0.15, 0.2) is 48.5 Å². The summed E-state index contributed by atoms with van der Waals surface area (Å²) in [6.07, 6.45) is 7.33. The van der Waals surface area contributed by atoms with Crippen LogP contribution < -0.4 is 14.8 Å². The van der Waals surface area contributed by atoms with Crippen LogP contribution in [0.4, 0.5) is 5.69 Å². The maximum Gasteiger partial charge on any atom is 0.261 e. The van der Waals surface area contributed by atoms with Gasteiger partial charge in [-0.2, -0.15) is 0 Å². The molecule has 4 aliphatic carbocycles. The molecule has 6 rings (SSSR count). The zero-order chi connectivity index (χ0) is 23.7. The highest BCUT2D eigenvalue weighted by Crippen LogP contribution is 2.58. The third-order valence-electron chi connectivity index (χ3n) is 7.89. The van der Waals surface area contributed by atoms with Gasteiger partial charge in [0, 0.05) is 24.7 Å². The summed E-state index contributed by atoms with van der Waals surface area (Å²) in [5, 5.41) is 2.75. The van der Waals surface area contributed by atoms with E-state index in [0.717, 1.165) is 48.3 Å². The number of carbonyl (C=O) groups excluding carboxylic acids is 2. The summed E-state index contributed by atoms with van der Waals surface area (Å²) in [6, 6.07) is 15.2. The van der Waals surface area contributed by atoms with E-state index in [1.165, 1.54) is 26.2 Å². The van der Waals surface area contributed by atoms with Crippen LogP contribution in [0.3, 0.4) is 0 Å². The Hall–Kier alpha value is -3.02. The molecule has 1 N–H and O–H groups in total. The summed E-state index contributed by atoms with van der Waals surface area (Å²) >= 11 is 0. The smallest absolute Gasteiger partial charge is 0.261 e. The second-order valence-corrected chi connectivity index (χ2v) is 10.5. The van der Waals surface area contributed by atoms with Gasteiger partial charge in [0.15, 0.2) is 6.61 Å². The van der Waals surface area contributed by atoms with E-state index in [2.05, 4.69) is 16.3 Å². The normalized spacial score (nSPS) is 26.7. The molecule has 0 saturated heterocycles. The van der Waals surface area contributed by atoms with Crippen molar-refractivity contribution in [3.05, 3.63) is 54.1 Å². The standard InChI is InChI=1S/C28H34N2O4/c1-19(31)29-24-6-8-25(9-7-24)34-18-27(32)30(17-20-4-3-5-26(13-20)33-2)28-14-21-10-22(15-28)12-23(11-21)16-28/h3-9,13,21-23H,10-12,14-18H2,1-2H3,(H,29,31). The average Bonchev–Trinajstić information content (AvgIpc) is 2.81. The molecule has 6 nitrogen and oxygen atoms in total. The zero-order valence-electron chi connectivity index (χ0n) is 20.1. The van der Waals surface area contributed by atoms with E-state index in [1.54, 1.807) is 31.4 Å². The van der Waals surface area contributed by atoms with Crippen molar-refractivity contribution in [3.8, 4) is 11.5 Å². The van der Waals surface area contributed by atoms with Crippen molar-refractivity contribution in [2.45, 2.75) is 57.5 Å². The quantitative estimate of drug-likeness (QED) is 0.598. The molecular weight excluding hydrogens is 428 g/mol. The summed E-state index contributed by atoms with van der Waals surface area (Å²) in [6.45, 7) is 2.06. The van der Waals surface area contributed by atoms with Gasteiger partial charge in [-0.3, -0.25) is 9.59 Å². The molecule has 0 atom stereocenters.